The molecular formula is C56H94O6. The molecule has 0 heterocycles. The lowest BCUT2D eigenvalue weighted by atomic mass is 10.1. The smallest absolute Gasteiger partial charge is 0.306 e. The van der Waals surface area contributed by atoms with E-state index in [2.05, 4.69) is 106 Å². The zero-order valence-corrected chi connectivity index (χ0v) is 40.4. The van der Waals surface area contributed by atoms with Gasteiger partial charge in [-0.1, -0.05) is 189 Å². The highest BCUT2D eigenvalue weighted by Gasteiger charge is 2.19. The summed E-state index contributed by atoms with van der Waals surface area (Å²) in [5, 5.41) is 0. The molecule has 0 aliphatic carbocycles. The van der Waals surface area contributed by atoms with Crippen molar-refractivity contribution in [2.45, 2.75) is 239 Å². The van der Waals surface area contributed by atoms with Crippen molar-refractivity contribution in [3.63, 3.8) is 0 Å². The lowest BCUT2D eigenvalue weighted by Gasteiger charge is -2.18. The van der Waals surface area contributed by atoms with E-state index in [1.165, 1.54) is 83.5 Å². The van der Waals surface area contributed by atoms with E-state index in [0.717, 1.165) is 103 Å². The van der Waals surface area contributed by atoms with Crippen LogP contribution < -0.4 is 0 Å². The molecule has 0 bridgehead atoms. The van der Waals surface area contributed by atoms with Crippen molar-refractivity contribution in [2.24, 2.45) is 0 Å². The number of unbranched alkanes of at least 4 members (excludes halogenated alkanes) is 20. The van der Waals surface area contributed by atoms with Crippen molar-refractivity contribution in [1.82, 2.24) is 0 Å². The average Bonchev–Trinajstić information content (AvgIpc) is 3.27. The normalized spacial score (nSPS) is 12.8. The van der Waals surface area contributed by atoms with Gasteiger partial charge in [0.2, 0.25) is 0 Å². The number of hydrogen-bond donors (Lipinski definition) is 0. The molecule has 6 nitrogen and oxygen atoms in total. The number of rotatable bonds is 45. The monoisotopic (exact) mass is 863 g/mol. The average molecular weight is 863 g/mol. The van der Waals surface area contributed by atoms with Crippen LogP contribution in [0.3, 0.4) is 0 Å². The lowest BCUT2D eigenvalue weighted by molar-refractivity contribution is -0.167. The highest BCUT2D eigenvalue weighted by Crippen LogP contribution is 2.13. The lowest BCUT2D eigenvalue weighted by Crippen LogP contribution is -2.30. The topological polar surface area (TPSA) is 78.9 Å². The zero-order valence-electron chi connectivity index (χ0n) is 40.4. The first kappa shape index (κ1) is 58.6. The Morgan fingerprint density at radius 1 is 0.339 bits per heavy atom. The van der Waals surface area contributed by atoms with Crippen LogP contribution in [-0.4, -0.2) is 37.2 Å². The first-order valence-electron chi connectivity index (χ1n) is 25.6. The molecule has 0 N–H and O–H groups in total. The summed E-state index contributed by atoms with van der Waals surface area (Å²) < 4.78 is 16.7. The van der Waals surface area contributed by atoms with Gasteiger partial charge in [-0.2, -0.15) is 0 Å². The predicted molar refractivity (Wildman–Crippen MR) is 265 cm³/mol. The molecule has 0 saturated carbocycles. The molecule has 1 unspecified atom stereocenters. The van der Waals surface area contributed by atoms with Crippen LogP contribution in [0.2, 0.25) is 0 Å². The Bertz CT molecular complexity index is 1220. The van der Waals surface area contributed by atoms with E-state index in [4.69, 9.17) is 14.2 Å². The zero-order chi connectivity index (χ0) is 45.1. The molecule has 0 amide bonds. The second kappa shape index (κ2) is 50.2. The minimum absolute atomic E-state index is 0.102. The highest BCUT2D eigenvalue weighted by molar-refractivity contribution is 5.71. The van der Waals surface area contributed by atoms with Crippen LogP contribution in [0.15, 0.2) is 85.1 Å². The quantitative estimate of drug-likeness (QED) is 0.0263. The largest absolute Gasteiger partial charge is 0.462 e. The Kier molecular flexibility index (Phi) is 47.5. The highest BCUT2D eigenvalue weighted by atomic mass is 16.6. The van der Waals surface area contributed by atoms with E-state index < -0.39 is 6.10 Å². The van der Waals surface area contributed by atoms with Crippen molar-refractivity contribution < 1.29 is 28.6 Å². The maximum Gasteiger partial charge on any atom is 0.306 e. The van der Waals surface area contributed by atoms with Gasteiger partial charge in [0.15, 0.2) is 6.10 Å². The number of allylic oxidation sites excluding steroid dienone is 14. The molecule has 354 valence electrons. The van der Waals surface area contributed by atoms with Crippen LogP contribution in [0.25, 0.3) is 0 Å². The molecule has 0 aliphatic heterocycles. The summed E-state index contributed by atoms with van der Waals surface area (Å²) >= 11 is 0. The Labute approximate surface area is 382 Å². The van der Waals surface area contributed by atoms with Gasteiger partial charge < -0.3 is 14.2 Å². The first-order valence-corrected chi connectivity index (χ1v) is 25.6. The van der Waals surface area contributed by atoms with Gasteiger partial charge >= 0.3 is 17.9 Å². The minimum atomic E-state index is -0.806. The first-order chi connectivity index (χ1) is 30.5. The van der Waals surface area contributed by atoms with E-state index in [9.17, 15) is 14.4 Å². The van der Waals surface area contributed by atoms with E-state index in [0.29, 0.717) is 19.3 Å². The third-order valence-electron chi connectivity index (χ3n) is 10.6. The molecule has 0 aliphatic rings. The number of carbonyl (C=O) groups is 3. The number of ether oxygens (including phenoxy) is 3. The molecule has 0 radical (unpaired) electrons. The molecule has 1 atom stereocenters. The summed E-state index contributed by atoms with van der Waals surface area (Å²) in [4.78, 5) is 37.9. The van der Waals surface area contributed by atoms with Crippen LogP contribution >= 0.6 is 0 Å². The molecule has 6 heteroatoms. The third-order valence-corrected chi connectivity index (χ3v) is 10.6. The molecule has 0 saturated heterocycles. The van der Waals surface area contributed by atoms with Gasteiger partial charge in [-0.05, 0) is 109 Å². The Balaban J connectivity index is 4.50. The molecule has 0 rings (SSSR count). The van der Waals surface area contributed by atoms with Gasteiger partial charge in [0.25, 0.3) is 0 Å². The van der Waals surface area contributed by atoms with Gasteiger partial charge in [-0.15, -0.1) is 0 Å². The SMILES string of the molecule is CC/C=C\C/C=C\C/C=C\C/C=C\C/C=C\CCCC(=O)OCC(COC(=O)CCCCCCC/C=C\CCCCCC)OC(=O)CCCCCCC/C=C\CCCCCCC. The summed E-state index contributed by atoms with van der Waals surface area (Å²) in [5.74, 6) is -0.982. The van der Waals surface area contributed by atoms with Crippen molar-refractivity contribution in [1.29, 1.82) is 0 Å². The van der Waals surface area contributed by atoms with Gasteiger partial charge in [-0.25, -0.2) is 0 Å². The summed E-state index contributed by atoms with van der Waals surface area (Å²) in [6.45, 7) is 6.43. The molecule has 0 aromatic rings. The predicted octanol–water partition coefficient (Wildman–Crippen LogP) is 16.8. The van der Waals surface area contributed by atoms with Crippen molar-refractivity contribution >= 4 is 17.9 Å². The third kappa shape index (κ3) is 47.6. The molecular weight excluding hydrogens is 769 g/mol. The van der Waals surface area contributed by atoms with Crippen molar-refractivity contribution in [3.8, 4) is 0 Å². The maximum atomic E-state index is 12.8. The van der Waals surface area contributed by atoms with Crippen molar-refractivity contribution in [3.05, 3.63) is 85.1 Å². The van der Waals surface area contributed by atoms with Crippen LogP contribution in [0.1, 0.15) is 233 Å². The fourth-order valence-corrected chi connectivity index (χ4v) is 6.76. The van der Waals surface area contributed by atoms with E-state index in [-0.39, 0.29) is 37.5 Å². The van der Waals surface area contributed by atoms with Gasteiger partial charge in [0, 0.05) is 19.3 Å². The minimum Gasteiger partial charge on any atom is -0.462 e. The fourth-order valence-electron chi connectivity index (χ4n) is 6.76. The summed E-state index contributed by atoms with van der Waals surface area (Å²) in [6.07, 6.45) is 64.2. The van der Waals surface area contributed by atoms with Gasteiger partial charge in [0.05, 0.1) is 0 Å². The summed E-state index contributed by atoms with van der Waals surface area (Å²) in [5.41, 5.74) is 0. The Morgan fingerprint density at radius 3 is 1.08 bits per heavy atom. The summed E-state index contributed by atoms with van der Waals surface area (Å²) in [6, 6.07) is 0. The molecule has 0 spiro atoms. The number of carbonyl (C=O) groups excluding carboxylic acids is 3. The maximum absolute atomic E-state index is 12.8. The van der Waals surface area contributed by atoms with Crippen LogP contribution in [0.4, 0.5) is 0 Å². The van der Waals surface area contributed by atoms with E-state index >= 15 is 0 Å². The number of esters is 3. The summed E-state index contributed by atoms with van der Waals surface area (Å²) in [7, 11) is 0. The second-order valence-electron chi connectivity index (χ2n) is 16.7. The van der Waals surface area contributed by atoms with Crippen LogP contribution in [-0.2, 0) is 28.6 Å². The standard InChI is InChI=1S/C56H94O6/c1-4-7-10-13-16-19-22-25-27-28-29-32-34-37-40-43-46-49-55(58)61-52-53(51-60-54(57)48-45-42-39-36-33-30-24-21-18-15-12-9-6-3)62-56(59)50-47-44-41-38-35-31-26-23-20-17-14-11-8-5-2/h7,10,16,19,21,23-27,29,32,37,40,53H,4-6,8-9,11-15,17-18,20,22,28,30-31,33-36,38-39,41-52H2,1-3H3/b10-7-,19-16-,24-21-,26-23-,27-25-,32-29-,40-37-. The van der Waals surface area contributed by atoms with E-state index in [1.807, 2.05) is 0 Å². The molecule has 0 aromatic carbocycles. The Hall–Kier alpha value is -3.41. The van der Waals surface area contributed by atoms with E-state index in [1.54, 1.807) is 0 Å². The van der Waals surface area contributed by atoms with Crippen molar-refractivity contribution in [2.75, 3.05) is 13.2 Å². The van der Waals surface area contributed by atoms with Crippen LogP contribution in [0.5, 0.6) is 0 Å². The molecule has 0 fully saturated rings. The second-order valence-corrected chi connectivity index (χ2v) is 16.7. The molecule has 62 heavy (non-hydrogen) atoms. The van der Waals surface area contributed by atoms with Gasteiger partial charge in [-0.3, -0.25) is 14.4 Å². The van der Waals surface area contributed by atoms with Crippen LogP contribution in [0, 0.1) is 0 Å². The fraction of sp³-hybridized carbons (Fsp3) is 0.696. The van der Waals surface area contributed by atoms with Gasteiger partial charge in [0.1, 0.15) is 13.2 Å². The number of hydrogen-bond acceptors (Lipinski definition) is 6. The molecule has 0 aromatic heterocycles. The Morgan fingerprint density at radius 2 is 0.645 bits per heavy atom.